The number of nitrogens with zero attached hydrogens (tertiary/aromatic N) is 10. The van der Waals surface area contributed by atoms with Crippen LogP contribution in [0.4, 0.5) is 39.4 Å². The van der Waals surface area contributed by atoms with Crippen LogP contribution in [-0.2, 0) is 34.2 Å². The van der Waals surface area contributed by atoms with E-state index >= 15 is 0 Å². The largest absolute Gasteiger partial charge is 0.494 e. The molecule has 1 aliphatic rings. The summed E-state index contributed by atoms with van der Waals surface area (Å²) in [6.45, 7) is 15.2. The number of pyridine rings is 1. The highest BCUT2D eigenvalue weighted by Crippen LogP contribution is 2.39. The zero-order valence-electron chi connectivity index (χ0n) is 46.8. The molecule has 0 unspecified atom stereocenters. The van der Waals surface area contributed by atoms with E-state index in [-0.39, 0.29) is 12.6 Å². The molecule has 0 spiro atoms. The van der Waals surface area contributed by atoms with Crippen LogP contribution in [0.5, 0.6) is 11.6 Å². The second-order valence-corrected chi connectivity index (χ2v) is 26.6. The van der Waals surface area contributed by atoms with Crippen LogP contribution >= 0.6 is 0 Å². The van der Waals surface area contributed by atoms with Crippen molar-refractivity contribution in [3.8, 4) is 22.9 Å². The highest BCUT2D eigenvalue weighted by atomic mass is 28.3. The Bertz CT molecular complexity index is 3040. The molecule has 7 aromatic rings. The van der Waals surface area contributed by atoms with Gasteiger partial charge >= 0.3 is 6.09 Å². The average Bonchev–Trinajstić information content (AvgIpc) is 4.03. The number of likely N-dealkylation sites (N-methyl/N-ethyl adjacent to an activating group) is 2. The number of aliphatic hydroxyl groups is 1. The summed E-state index contributed by atoms with van der Waals surface area (Å²) in [6.07, 6.45) is 11.9. The normalized spacial score (nSPS) is 13.8. The van der Waals surface area contributed by atoms with Gasteiger partial charge in [0.05, 0.1) is 69.1 Å². The number of fused-ring (bicyclic) bond motifs is 2. The van der Waals surface area contributed by atoms with Crippen LogP contribution in [0, 0.1) is 0 Å². The van der Waals surface area contributed by atoms with Crippen LogP contribution in [0.25, 0.3) is 27.8 Å². The number of nitrogens with one attached hydrogen (secondary N) is 3. The summed E-state index contributed by atoms with van der Waals surface area (Å²) in [5.41, 5.74) is 7.73. The van der Waals surface area contributed by atoms with Crippen LogP contribution in [0.1, 0.15) is 43.7 Å². The fourth-order valence-electron chi connectivity index (χ4n) is 9.45. The molecular weight excluding hydrogens is 1010 g/mol. The molecule has 418 valence electrons. The number of hydrogen-bond donors (Lipinski definition) is 4. The summed E-state index contributed by atoms with van der Waals surface area (Å²) in [4.78, 5) is 38.9. The first kappa shape index (κ1) is 57.1. The van der Waals surface area contributed by atoms with Crippen LogP contribution in [0.2, 0.25) is 25.7 Å². The van der Waals surface area contributed by atoms with Gasteiger partial charge in [0.15, 0.2) is 5.65 Å². The number of methoxy groups -OCH3 is 1. The number of rotatable bonds is 29. The third-order valence-electron chi connectivity index (χ3n) is 14.0. The third kappa shape index (κ3) is 15.4. The van der Waals surface area contributed by atoms with Crippen molar-refractivity contribution in [1.82, 2.24) is 39.0 Å². The van der Waals surface area contributed by atoms with Crippen molar-refractivity contribution < 1.29 is 33.6 Å². The number of aliphatic hydroxyl groups excluding tert-OH is 1. The predicted octanol–water partition coefficient (Wildman–Crippen LogP) is 9.11. The summed E-state index contributed by atoms with van der Waals surface area (Å²) in [5.74, 6) is 3.24. The van der Waals surface area contributed by atoms with Crippen molar-refractivity contribution in [2.45, 2.75) is 77.3 Å². The maximum Gasteiger partial charge on any atom is 0.411 e. The van der Waals surface area contributed by atoms with Crippen molar-refractivity contribution in [2.75, 3.05) is 119 Å². The van der Waals surface area contributed by atoms with Gasteiger partial charge in [0.2, 0.25) is 11.8 Å². The van der Waals surface area contributed by atoms with Crippen LogP contribution in [-0.4, -0.2) is 158 Å². The Morgan fingerprint density at radius 2 is 1.72 bits per heavy atom. The van der Waals surface area contributed by atoms with Crippen molar-refractivity contribution in [2.24, 2.45) is 7.05 Å². The van der Waals surface area contributed by atoms with E-state index in [0.29, 0.717) is 88.2 Å². The Hall–Kier alpha value is -7.04. The topological polar surface area (TPSA) is 203 Å². The average molecular weight is 1090 g/mol. The number of ether oxygens (including phenoxy) is 5. The molecular formula is C57H79N13O7Si. The van der Waals surface area contributed by atoms with Gasteiger partial charge in [-0.3, -0.25) is 5.32 Å². The minimum absolute atomic E-state index is 0.165. The molecule has 0 bridgehead atoms. The van der Waals surface area contributed by atoms with E-state index in [9.17, 15) is 9.90 Å². The quantitative estimate of drug-likeness (QED) is 0.0255. The number of amides is 1. The van der Waals surface area contributed by atoms with Gasteiger partial charge in [0, 0.05) is 126 Å². The lowest BCUT2D eigenvalue weighted by atomic mass is 9.99. The van der Waals surface area contributed by atoms with E-state index in [4.69, 9.17) is 33.7 Å². The molecule has 1 fully saturated rings. The Balaban J connectivity index is 0.769. The molecule has 20 nitrogen and oxygen atoms in total. The van der Waals surface area contributed by atoms with E-state index in [1.54, 1.807) is 13.3 Å². The van der Waals surface area contributed by atoms with Gasteiger partial charge < -0.3 is 58.7 Å². The summed E-state index contributed by atoms with van der Waals surface area (Å²) >= 11 is 0. The van der Waals surface area contributed by atoms with Crippen LogP contribution in [0.3, 0.4) is 0 Å². The number of hydrogen-bond acceptors (Lipinski definition) is 17. The minimum Gasteiger partial charge on any atom is -0.494 e. The zero-order valence-corrected chi connectivity index (χ0v) is 47.8. The molecule has 78 heavy (non-hydrogen) atoms. The molecule has 8 rings (SSSR count). The molecule has 6 heterocycles. The van der Waals surface area contributed by atoms with Crippen LogP contribution < -0.4 is 35.2 Å². The second-order valence-electron chi connectivity index (χ2n) is 21.0. The Kier molecular flexibility index (Phi) is 20.2. The zero-order chi connectivity index (χ0) is 55.0. The van der Waals surface area contributed by atoms with Crippen molar-refractivity contribution in [1.29, 1.82) is 0 Å². The molecule has 0 saturated carbocycles. The number of aromatic nitrogens is 7. The van der Waals surface area contributed by atoms with Gasteiger partial charge in [-0.25, -0.2) is 24.7 Å². The summed E-state index contributed by atoms with van der Waals surface area (Å²) in [5, 5.41) is 25.4. The second kappa shape index (κ2) is 27.5. The highest BCUT2D eigenvalue weighted by molar-refractivity contribution is 6.76. The predicted molar refractivity (Wildman–Crippen MR) is 312 cm³/mol. The number of para-hydroxylation sites is 1. The maximum atomic E-state index is 13.3. The molecule has 4 N–H and O–H groups in total. The van der Waals surface area contributed by atoms with E-state index in [1.807, 2.05) is 73.5 Å². The molecule has 5 aromatic heterocycles. The molecule has 2 aromatic carbocycles. The van der Waals surface area contributed by atoms with Gasteiger partial charge in [0.1, 0.15) is 24.0 Å². The monoisotopic (exact) mass is 1090 g/mol. The number of carbonyl (C=O) groups is 1. The molecule has 1 atom stereocenters. The molecule has 0 aliphatic carbocycles. The van der Waals surface area contributed by atoms with Gasteiger partial charge in [0.25, 0.3) is 0 Å². The standard InChI is InChI=1S/C57H79N13O7Si/c1-9-42-39-61-70-52(36-53(65-55(42)70)69-22-13-12-14-43(69)20-26-71)59-37-41-17-18-54(60-38-41)76-31-30-75-29-28-74-27-25-66(2)23-24-67(3)50-35-51(73-5)48(34-47(50)64-57(72)77-32-33-78(6,7)8)63-56-58-21-19-46(62-56)45-40-68(4)49-16-11-10-15-44(45)49/h10-11,15-19,21,34-36,38-40,43,59,71H,9,12-14,20,22-33,37H2,1-8H3,(H,64,72)(H,58,62,63)/t43-/m0/s1. The number of aryl methyl sites for hydroxylation is 2. The SMILES string of the molecule is CCc1cnn2c(NCc3ccc(OCCOCCOCCN(C)CCN(C)c4cc(OC)c(Nc5nccc(-c6cn(C)c7ccccc67)n5)cc4NC(=O)OCC[Si](C)(C)C)nc3)cc(N3CCCC[C@H]3CCO)nc12. The third-order valence-corrected chi connectivity index (χ3v) is 15.7. The fourth-order valence-corrected chi connectivity index (χ4v) is 10.2. The van der Waals surface area contributed by atoms with Gasteiger partial charge in [-0.2, -0.15) is 9.61 Å². The van der Waals surface area contributed by atoms with E-state index in [0.717, 1.165) is 101 Å². The molecule has 1 aliphatic heterocycles. The lowest BCUT2D eigenvalue weighted by Crippen LogP contribution is -2.40. The van der Waals surface area contributed by atoms with E-state index < -0.39 is 14.2 Å². The molecule has 21 heteroatoms. The summed E-state index contributed by atoms with van der Waals surface area (Å²) in [6, 6.07) is 20.9. The lowest BCUT2D eigenvalue weighted by molar-refractivity contribution is 0.0308. The fraction of sp³-hybridized carbons (Fsp3) is 0.474. The first-order valence-electron chi connectivity index (χ1n) is 27.2. The first-order valence-corrected chi connectivity index (χ1v) is 30.9. The smallest absolute Gasteiger partial charge is 0.411 e. The Morgan fingerprint density at radius 1 is 0.897 bits per heavy atom. The Morgan fingerprint density at radius 3 is 2.50 bits per heavy atom. The highest BCUT2D eigenvalue weighted by Gasteiger charge is 2.26. The molecule has 1 amide bonds. The minimum atomic E-state index is -1.42. The number of benzene rings is 2. The number of carbonyl (C=O) groups excluding carboxylic acids is 1. The summed E-state index contributed by atoms with van der Waals surface area (Å²) in [7, 11) is 6.26. The Labute approximate surface area is 459 Å². The van der Waals surface area contributed by atoms with Gasteiger partial charge in [-0.15, -0.1) is 0 Å². The van der Waals surface area contributed by atoms with Crippen LogP contribution in [0.15, 0.2) is 85.5 Å². The van der Waals surface area contributed by atoms with Crippen molar-refractivity contribution in [3.05, 3.63) is 96.6 Å². The van der Waals surface area contributed by atoms with Gasteiger partial charge in [-0.1, -0.05) is 50.8 Å². The number of piperidine rings is 1. The van der Waals surface area contributed by atoms with Crippen molar-refractivity contribution >= 4 is 65.4 Å². The van der Waals surface area contributed by atoms with E-state index in [2.05, 4.69) is 108 Å². The first-order chi connectivity index (χ1) is 37.8. The van der Waals surface area contributed by atoms with Gasteiger partial charge in [-0.05, 0) is 69.0 Å². The lowest BCUT2D eigenvalue weighted by Gasteiger charge is -2.36. The summed E-state index contributed by atoms with van der Waals surface area (Å²) < 4.78 is 33.1. The van der Waals surface area contributed by atoms with Crippen molar-refractivity contribution in [3.63, 3.8) is 0 Å². The molecule has 1 saturated heterocycles. The number of anilines is 6. The van der Waals surface area contributed by atoms with E-state index in [1.165, 1.54) is 6.42 Å². The molecule has 0 radical (unpaired) electrons. The maximum absolute atomic E-state index is 13.3.